The van der Waals surface area contributed by atoms with E-state index in [1.807, 2.05) is 6.07 Å². The smallest absolute Gasteiger partial charge is 0.232 e. The maximum Gasteiger partial charge on any atom is 0.232 e. The summed E-state index contributed by atoms with van der Waals surface area (Å²) in [5, 5.41) is 3.41. The fourth-order valence-corrected chi connectivity index (χ4v) is 3.03. The average molecular weight is 432 g/mol. The summed E-state index contributed by atoms with van der Waals surface area (Å²) in [7, 11) is 0. The van der Waals surface area contributed by atoms with Crippen molar-refractivity contribution in [1.29, 1.82) is 0 Å². The van der Waals surface area contributed by atoms with Crippen LogP contribution in [0.2, 0.25) is 5.15 Å². The number of rotatable bonds is 7. The van der Waals surface area contributed by atoms with Gasteiger partial charge in [0, 0.05) is 29.9 Å². The Kier molecular flexibility index (Phi) is 6.49. The molecule has 0 amide bonds. The van der Waals surface area contributed by atoms with Crippen molar-refractivity contribution in [3.63, 3.8) is 0 Å². The zero-order chi connectivity index (χ0) is 21.0. The van der Waals surface area contributed by atoms with Gasteiger partial charge in [-0.05, 0) is 24.6 Å². The molecule has 0 spiro atoms. The summed E-state index contributed by atoms with van der Waals surface area (Å²) < 4.78 is 22.1. The fraction of sp³-hybridized carbons (Fsp3) is 0.111. The molecule has 1 unspecified atom stereocenters. The van der Waals surface area contributed by atoms with Crippen molar-refractivity contribution in [1.82, 2.24) is 24.7 Å². The minimum Gasteiger partial charge on any atom is -0.384 e. The predicted octanol–water partition coefficient (Wildman–Crippen LogP) is 3.09. The maximum absolute atomic E-state index is 10.9. The van der Waals surface area contributed by atoms with Gasteiger partial charge in [-0.15, -0.1) is 0 Å². The van der Waals surface area contributed by atoms with Crippen LogP contribution in [0.3, 0.4) is 0 Å². The number of hydrogen-bond donors (Lipinski definition) is 4. The molecule has 11 heteroatoms. The van der Waals surface area contributed by atoms with Gasteiger partial charge in [-0.3, -0.25) is 4.55 Å². The number of aryl methyl sites for hydroxylation is 1. The molecule has 5 N–H and O–H groups in total. The van der Waals surface area contributed by atoms with Crippen LogP contribution in [0, 0.1) is 6.92 Å². The van der Waals surface area contributed by atoms with Crippen molar-refractivity contribution < 1.29 is 8.76 Å². The fourth-order valence-electron chi connectivity index (χ4n) is 2.58. The second kappa shape index (κ2) is 9.05. The number of halogens is 1. The number of hydrogen-bond acceptors (Lipinski definition) is 7. The van der Waals surface area contributed by atoms with Crippen molar-refractivity contribution in [2.45, 2.75) is 13.5 Å². The number of nitrogens with one attached hydrogen (secondary N) is 2. The van der Waals surface area contributed by atoms with Crippen molar-refractivity contribution in [3.05, 3.63) is 59.3 Å². The van der Waals surface area contributed by atoms with Crippen LogP contribution in [0.15, 0.2) is 37.2 Å². The van der Waals surface area contributed by atoms with Gasteiger partial charge in [0.2, 0.25) is 11.3 Å². The molecule has 3 rings (SSSR count). The lowest BCUT2D eigenvalue weighted by atomic mass is 10.1. The van der Waals surface area contributed by atoms with E-state index in [0.29, 0.717) is 40.0 Å². The van der Waals surface area contributed by atoms with Gasteiger partial charge in [0.15, 0.2) is 0 Å². The molecule has 29 heavy (non-hydrogen) atoms. The molecule has 3 aromatic rings. The first-order valence-electron chi connectivity index (χ1n) is 8.35. The molecular formula is C18H18ClN7O2S. The highest BCUT2D eigenvalue weighted by atomic mass is 35.5. The van der Waals surface area contributed by atoms with Gasteiger partial charge >= 0.3 is 0 Å². The third kappa shape index (κ3) is 5.33. The highest BCUT2D eigenvalue weighted by molar-refractivity contribution is 7.77. The molecule has 0 aliphatic rings. The molecule has 9 nitrogen and oxygen atoms in total. The van der Waals surface area contributed by atoms with Crippen LogP contribution in [0.1, 0.15) is 17.0 Å². The topological polar surface area (TPSA) is 139 Å². The van der Waals surface area contributed by atoms with E-state index < -0.39 is 11.3 Å². The summed E-state index contributed by atoms with van der Waals surface area (Å²) >= 11 is 3.91. The quantitative estimate of drug-likeness (QED) is 0.330. The molecule has 3 heterocycles. The summed E-state index contributed by atoms with van der Waals surface area (Å²) in [5.74, 6) is 1.40. The summed E-state index contributed by atoms with van der Waals surface area (Å²) in [6, 6.07) is 5.25. The number of aromatic nitrogens is 4. The molecule has 0 aliphatic carbocycles. The second-order valence-corrected chi connectivity index (χ2v) is 7.11. The van der Waals surface area contributed by atoms with Gasteiger partial charge in [-0.25, -0.2) is 28.9 Å². The van der Waals surface area contributed by atoms with Crippen molar-refractivity contribution in [2.24, 2.45) is 0 Å². The lowest BCUT2D eigenvalue weighted by molar-refractivity contribution is 0.548. The van der Waals surface area contributed by atoms with Crippen molar-refractivity contribution >= 4 is 46.3 Å². The largest absolute Gasteiger partial charge is 0.384 e. The molecule has 0 bridgehead atoms. The normalized spacial score (nSPS) is 11.8. The Labute approximate surface area is 174 Å². The standard InChI is InChI=1S/C18H18ClN7O2S/c1-3-11-4-14(15-6-16(20)25-10(2)24-15)18(22-7-11)26-13-5-12(8-23-29(27)28)17(19)21-9-13/h3-7,9,23H,1,8H2,2H3,(H,22,26)(H,27,28)(H2,20,24,25). The predicted molar refractivity (Wildman–Crippen MR) is 115 cm³/mol. The van der Waals surface area contributed by atoms with E-state index in [9.17, 15) is 4.21 Å². The first-order chi connectivity index (χ1) is 13.9. The molecule has 0 saturated heterocycles. The van der Waals surface area contributed by atoms with Gasteiger partial charge in [0.05, 0.1) is 17.6 Å². The van der Waals surface area contributed by atoms with E-state index in [0.717, 1.165) is 5.56 Å². The third-order valence-electron chi connectivity index (χ3n) is 3.84. The summed E-state index contributed by atoms with van der Waals surface area (Å²) in [5.41, 5.74) is 9.13. The summed E-state index contributed by atoms with van der Waals surface area (Å²) in [6.45, 7) is 5.60. The van der Waals surface area contributed by atoms with Crippen LogP contribution in [0.25, 0.3) is 17.3 Å². The number of nitrogens with two attached hydrogens (primary N) is 1. The van der Waals surface area contributed by atoms with Crippen LogP contribution >= 0.6 is 11.6 Å². The van der Waals surface area contributed by atoms with Gasteiger partial charge < -0.3 is 11.1 Å². The molecule has 0 aromatic carbocycles. The molecule has 150 valence electrons. The summed E-state index contributed by atoms with van der Waals surface area (Å²) in [4.78, 5) is 17.1. The number of pyridine rings is 2. The third-order valence-corrected chi connectivity index (χ3v) is 4.57. The van der Waals surface area contributed by atoms with Crippen molar-refractivity contribution in [3.8, 4) is 11.3 Å². The van der Waals surface area contributed by atoms with E-state index in [-0.39, 0.29) is 11.7 Å². The van der Waals surface area contributed by atoms with Crippen LogP contribution in [-0.4, -0.2) is 28.7 Å². The minimum absolute atomic E-state index is 0.0712. The van der Waals surface area contributed by atoms with E-state index in [1.165, 1.54) is 6.20 Å². The highest BCUT2D eigenvalue weighted by Gasteiger charge is 2.13. The van der Waals surface area contributed by atoms with Gasteiger partial charge in [0.25, 0.3) is 0 Å². The molecule has 0 radical (unpaired) electrons. The van der Waals surface area contributed by atoms with Crippen LogP contribution in [0.4, 0.5) is 17.3 Å². The monoisotopic (exact) mass is 431 g/mol. The Morgan fingerprint density at radius 2 is 2.07 bits per heavy atom. The van der Waals surface area contributed by atoms with Crippen LogP contribution < -0.4 is 15.8 Å². The number of anilines is 3. The molecule has 3 aromatic heterocycles. The highest BCUT2D eigenvalue weighted by Crippen LogP contribution is 2.30. The van der Waals surface area contributed by atoms with E-state index in [1.54, 1.807) is 31.3 Å². The Balaban J connectivity index is 2.00. The second-order valence-electron chi connectivity index (χ2n) is 5.96. The lowest BCUT2D eigenvalue weighted by Crippen LogP contribution is -2.16. The first-order valence-corrected chi connectivity index (χ1v) is 9.84. The van der Waals surface area contributed by atoms with Crippen LogP contribution in [0.5, 0.6) is 0 Å². The molecule has 0 saturated carbocycles. The molecule has 0 fully saturated rings. The van der Waals surface area contributed by atoms with E-state index >= 15 is 0 Å². The number of nitrogen functional groups attached to an aromatic ring is 1. The van der Waals surface area contributed by atoms with Gasteiger partial charge in [-0.1, -0.05) is 24.3 Å². The summed E-state index contributed by atoms with van der Waals surface area (Å²) in [6.07, 6.45) is 4.88. The molecule has 0 aliphatic heterocycles. The maximum atomic E-state index is 10.9. The minimum atomic E-state index is -2.16. The Bertz CT molecular complexity index is 1070. The SMILES string of the molecule is C=Cc1cnc(Nc2cnc(Cl)c(CNS(=O)O)c2)c(-c2cc(N)nc(C)n2)c1. The average Bonchev–Trinajstić information content (AvgIpc) is 2.67. The molecule has 1 atom stereocenters. The van der Waals surface area contributed by atoms with Crippen LogP contribution in [-0.2, 0) is 17.8 Å². The number of nitrogens with zero attached hydrogens (tertiary/aromatic N) is 4. The van der Waals surface area contributed by atoms with E-state index in [2.05, 4.69) is 36.6 Å². The Morgan fingerprint density at radius 3 is 2.76 bits per heavy atom. The van der Waals surface area contributed by atoms with Gasteiger partial charge in [-0.2, -0.15) is 0 Å². The zero-order valence-electron chi connectivity index (χ0n) is 15.4. The van der Waals surface area contributed by atoms with E-state index in [4.69, 9.17) is 21.9 Å². The zero-order valence-corrected chi connectivity index (χ0v) is 17.0. The first kappa shape index (κ1) is 20.8. The van der Waals surface area contributed by atoms with Crippen molar-refractivity contribution in [2.75, 3.05) is 11.1 Å². The van der Waals surface area contributed by atoms with Gasteiger partial charge in [0.1, 0.15) is 22.6 Å². The Hall–Kier alpha value is -2.92. The molecular weight excluding hydrogens is 414 g/mol. The lowest BCUT2D eigenvalue weighted by Gasteiger charge is -2.13. The Morgan fingerprint density at radius 1 is 1.28 bits per heavy atom.